The summed E-state index contributed by atoms with van der Waals surface area (Å²) in [4.78, 5) is 47.9. The molecule has 0 aliphatic rings. The topological polar surface area (TPSA) is 192 Å². The Kier molecular flexibility index (Phi) is 18.8. The molecule has 0 atom stereocenters. The van der Waals surface area contributed by atoms with Crippen molar-refractivity contribution in [3.05, 3.63) is 47.7 Å². The zero-order valence-corrected chi connectivity index (χ0v) is 40.3. The van der Waals surface area contributed by atoms with Gasteiger partial charge in [0.05, 0.1) is 112 Å². The molecule has 0 aliphatic carbocycles. The van der Waals surface area contributed by atoms with Crippen LogP contribution in [0.3, 0.4) is 0 Å². The van der Waals surface area contributed by atoms with Crippen LogP contribution in [0.4, 0.5) is 0 Å². The van der Waals surface area contributed by atoms with Crippen molar-refractivity contribution in [3.63, 3.8) is 0 Å². The molecule has 0 amide bonds. The zero-order valence-electron chi connectivity index (χ0n) is 33.2. The van der Waals surface area contributed by atoms with Crippen molar-refractivity contribution in [2.24, 2.45) is 0 Å². The molecule has 0 unspecified atom stereocenters. The molecule has 3 heterocycles. The standard InChI is InChI=1S/C38H40Br4ClN5O13/c1-21(49)47-19-28(52-4)30-26(47)17-24(39)34(32(30)41)57-13-9-53-5-7-55-11-15-59-37-44-36(43)45-38(46-37)60-16-12-56-8-6-54-10-14-58-35-25(40)18-27-31(33(35)42)29(61-23(3)51)20-48(27)22(2)50/h17-20H,5-16H2,1-4H3. The summed E-state index contributed by atoms with van der Waals surface area (Å²) in [6.45, 7) is 7.20. The number of aromatic nitrogens is 5. The van der Waals surface area contributed by atoms with Crippen molar-refractivity contribution in [2.75, 3.05) is 86.4 Å². The second-order valence-corrected chi connectivity index (χ2v) is 16.0. The third-order valence-corrected chi connectivity index (χ3v) is 11.0. The van der Waals surface area contributed by atoms with E-state index >= 15 is 0 Å². The van der Waals surface area contributed by atoms with Gasteiger partial charge in [-0.1, -0.05) is 0 Å². The molecule has 18 nitrogen and oxygen atoms in total. The van der Waals surface area contributed by atoms with Gasteiger partial charge >= 0.3 is 18.0 Å². The van der Waals surface area contributed by atoms with Gasteiger partial charge in [-0.25, -0.2) is 0 Å². The Labute approximate surface area is 388 Å². The Morgan fingerprint density at radius 1 is 0.574 bits per heavy atom. The maximum Gasteiger partial charge on any atom is 0.324 e. The van der Waals surface area contributed by atoms with Gasteiger partial charge in [0.1, 0.15) is 43.7 Å². The summed E-state index contributed by atoms with van der Waals surface area (Å²) in [7, 11) is 1.54. The van der Waals surface area contributed by atoms with Gasteiger partial charge in [-0.3, -0.25) is 23.5 Å². The van der Waals surface area contributed by atoms with Crippen LogP contribution in [0, 0.1) is 0 Å². The van der Waals surface area contributed by atoms with Gasteiger partial charge in [0.2, 0.25) is 17.1 Å². The maximum absolute atomic E-state index is 12.2. The van der Waals surface area contributed by atoms with Crippen molar-refractivity contribution in [1.82, 2.24) is 24.1 Å². The van der Waals surface area contributed by atoms with Crippen molar-refractivity contribution in [1.29, 1.82) is 0 Å². The minimum Gasteiger partial charge on any atom is -0.494 e. The summed E-state index contributed by atoms with van der Waals surface area (Å²) in [6.07, 6.45) is 3.11. The SMILES string of the molecule is COc1cn(C(C)=O)c2cc(Br)c(OCCOCCOCCOc3nc(Cl)nc(OCCOCCOCCOc4c(Br)cc5c(c(OC(C)=O)cn5C(C)=O)c4Br)n3)c(Br)c12. The van der Waals surface area contributed by atoms with Crippen LogP contribution in [0.5, 0.6) is 35.0 Å². The highest BCUT2D eigenvalue weighted by molar-refractivity contribution is 9.11. The van der Waals surface area contributed by atoms with Gasteiger partial charge in [-0.2, -0.15) is 9.97 Å². The van der Waals surface area contributed by atoms with E-state index < -0.39 is 5.97 Å². The minimum atomic E-state index is -0.518. The Bertz CT molecular complexity index is 2350. The summed E-state index contributed by atoms with van der Waals surface area (Å²) in [5.41, 5.74) is 1.23. The van der Waals surface area contributed by atoms with Gasteiger partial charge in [0.15, 0.2) is 5.75 Å². The van der Waals surface area contributed by atoms with E-state index in [4.69, 9.17) is 59.0 Å². The van der Waals surface area contributed by atoms with Gasteiger partial charge in [-0.05, 0) is 87.5 Å². The molecule has 0 fully saturated rings. The van der Waals surface area contributed by atoms with Gasteiger partial charge in [0, 0.05) is 20.8 Å². The minimum absolute atomic E-state index is 0.0206. The summed E-state index contributed by atoms with van der Waals surface area (Å²) < 4.78 is 61.5. The molecule has 5 rings (SSSR count). The predicted octanol–water partition coefficient (Wildman–Crippen LogP) is 7.72. The normalized spacial score (nSPS) is 11.3. The second-order valence-electron chi connectivity index (χ2n) is 12.4. The van der Waals surface area contributed by atoms with Crippen LogP contribution in [0.2, 0.25) is 5.28 Å². The fraction of sp³-hybridized carbons (Fsp3) is 0.421. The van der Waals surface area contributed by atoms with E-state index in [1.165, 1.54) is 36.1 Å². The smallest absolute Gasteiger partial charge is 0.324 e. The summed E-state index contributed by atoms with van der Waals surface area (Å²) in [5.74, 6) is 0.889. The first-order chi connectivity index (χ1) is 29.3. The monoisotopic (exact) mass is 1120 g/mol. The van der Waals surface area contributed by atoms with Crippen LogP contribution < -0.4 is 28.4 Å². The molecule has 0 N–H and O–H groups in total. The van der Waals surface area contributed by atoms with E-state index in [0.717, 1.165) is 5.39 Å². The van der Waals surface area contributed by atoms with E-state index in [9.17, 15) is 14.4 Å². The fourth-order valence-electron chi connectivity index (χ4n) is 5.58. The van der Waals surface area contributed by atoms with Crippen LogP contribution in [0.15, 0.2) is 42.4 Å². The Morgan fingerprint density at radius 3 is 1.34 bits per heavy atom. The average Bonchev–Trinajstić information content (AvgIpc) is 3.76. The van der Waals surface area contributed by atoms with Crippen LogP contribution in [-0.4, -0.2) is 128 Å². The highest BCUT2D eigenvalue weighted by atomic mass is 79.9. The van der Waals surface area contributed by atoms with Crippen LogP contribution in [-0.2, 0) is 23.7 Å². The molecule has 0 spiro atoms. The van der Waals surface area contributed by atoms with E-state index in [2.05, 4.69) is 78.7 Å². The molecular formula is C38H40Br4ClN5O13. The second kappa shape index (κ2) is 23.7. The average molecular weight is 1130 g/mol. The molecule has 0 aliphatic heterocycles. The number of fused-ring (bicyclic) bond motifs is 2. The molecule has 23 heteroatoms. The van der Waals surface area contributed by atoms with Gasteiger partial charge in [-0.15, -0.1) is 4.98 Å². The summed E-state index contributed by atoms with van der Waals surface area (Å²) in [5, 5.41) is 1.15. The number of carbonyl (C=O) groups is 3. The molecule has 61 heavy (non-hydrogen) atoms. The molecule has 0 radical (unpaired) electrons. The number of benzene rings is 2. The lowest BCUT2D eigenvalue weighted by atomic mass is 10.2. The number of esters is 1. The number of hydrogen-bond donors (Lipinski definition) is 0. The first-order valence-electron chi connectivity index (χ1n) is 18.3. The predicted molar refractivity (Wildman–Crippen MR) is 235 cm³/mol. The molecule has 0 saturated heterocycles. The van der Waals surface area contributed by atoms with Crippen molar-refractivity contribution < 1.29 is 61.8 Å². The maximum atomic E-state index is 12.2. The van der Waals surface area contributed by atoms with E-state index in [-0.39, 0.29) is 81.1 Å². The fourth-order valence-corrected chi connectivity index (χ4v) is 8.77. The van der Waals surface area contributed by atoms with Crippen molar-refractivity contribution in [3.8, 4) is 35.0 Å². The van der Waals surface area contributed by atoms with E-state index in [1.54, 1.807) is 25.4 Å². The number of ether oxygens (including phenoxy) is 10. The molecule has 0 bridgehead atoms. The molecule has 0 saturated carbocycles. The molecule has 3 aromatic heterocycles. The molecule has 2 aromatic carbocycles. The third kappa shape index (κ3) is 13.2. The Hall–Kier alpha value is -3.61. The number of rotatable bonds is 24. The first-order valence-corrected chi connectivity index (χ1v) is 21.9. The number of hydrogen-bond acceptors (Lipinski definition) is 16. The number of halogens is 5. The van der Waals surface area contributed by atoms with Crippen molar-refractivity contribution in [2.45, 2.75) is 20.8 Å². The van der Waals surface area contributed by atoms with E-state index in [0.29, 0.717) is 84.6 Å². The highest BCUT2D eigenvalue weighted by Gasteiger charge is 2.23. The van der Waals surface area contributed by atoms with Gasteiger partial charge in [0.25, 0.3) is 0 Å². The van der Waals surface area contributed by atoms with Crippen molar-refractivity contribution >= 4 is 115 Å². The third-order valence-electron chi connectivity index (χ3n) is 8.14. The number of methoxy groups -OCH3 is 1. The Morgan fingerprint density at radius 2 is 0.951 bits per heavy atom. The largest absolute Gasteiger partial charge is 0.494 e. The molecule has 330 valence electrons. The zero-order chi connectivity index (χ0) is 44.1. The Balaban J connectivity index is 0.911. The summed E-state index contributed by atoms with van der Waals surface area (Å²) >= 11 is 20.2. The van der Waals surface area contributed by atoms with Crippen LogP contribution >= 0.6 is 75.3 Å². The number of carbonyl (C=O) groups excluding carboxylic acids is 3. The van der Waals surface area contributed by atoms with Crippen LogP contribution in [0.25, 0.3) is 21.8 Å². The lowest BCUT2D eigenvalue weighted by Gasteiger charge is -2.13. The van der Waals surface area contributed by atoms with Crippen LogP contribution in [0.1, 0.15) is 30.4 Å². The lowest BCUT2D eigenvalue weighted by molar-refractivity contribution is -0.131. The highest BCUT2D eigenvalue weighted by Crippen LogP contribution is 2.45. The molecular weight excluding hydrogens is 1090 g/mol. The first kappa shape index (κ1) is 48.4. The quantitative estimate of drug-likeness (QED) is 0.0430. The number of nitrogens with zero attached hydrogens (tertiary/aromatic N) is 5. The summed E-state index contributed by atoms with van der Waals surface area (Å²) in [6, 6.07) is 3.48. The lowest BCUT2D eigenvalue weighted by Crippen LogP contribution is -2.15. The van der Waals surface area contributed by atoms with Gasteiger partial charge < -0.3 is 47.4 Å². The van der Waals surface area contributed by atoms with E-state index in [1.807, 2.05) is 0 Å². The molecule has 5 aromatic rings.